The standard InChI is InChI=1S/C59H37NS/c1-2-15-38(16-3-1)39-29-31-41(32-30-39)60(54-35-36-56-58(49-23-9-13-28-55(49)61-56)57(54)48-24-14-18-40-17-4-5-19-43(40)48)42-33-34-47-46-22-8-12-27-52(46)59(53(47)37-42)50-25-10-6-20-44(50)45-21-7-11-26-51(45)59/h1-37H. The van der Waals surface area contributed by atoms with E-state index in [0.717, 1.165) is 17.1 Å². The summed E-state index contributed by atoms with van der Waals surface area (Å²) < 4.78 is 2.58. The first-order valence-electron chi connectivity index (χ1n) is 21.1. The van der Waals surface area contributed by atoms with Crippen LogP contribution < -0.4 is 4.90 Å². The summed E-state index contributed by atoms with van der Waals surface area (Å²) >= 11 is 1.88. The summed E-state index contributed by atoms with van der Waals surface area (Å²) in [5.41, 5.74) is 18.4. The van der Waals surface area contributed by atoms with Crippen molar-refractivity contribution in [3.05, 3.63) is 247 Å². The molecule has 1 nitrogen and oxygen atoms in total. The third-order valence-electron chi connectivity index (χ3n) is 13.3. The average Bonchev–Trinajstić information content (AvgIpc) is 3.96. The van der Waals surface area contributed by atoms with Crippen molar-refractivity contribution in [1.29, 1.82) is 0 Å². The van der Waals surface area contributed by atoms with E-state index in [9.17, 15) is 0 Å². The fourth-order valence-corrected chi connectivity index (χ4v) is 11.9. The van der Waals surface area contributed by atoms with E-state index in [-0.39, 0.29) is 0 Å². The van der Waals surface area contributed by atoms with Gasteiger partial charge in [-0.15, -0.1) is 11.3 Å². The molecule has 13 rings (SSSR count). The van der Waals surface area contributed by atoms with E-state index in [0.29, 0.717) is 0 Å². The second-order valence-electron chi connectivity index (χ2n) is 16.3. The maximum atomic E-state index is 2.53. The molecule has 1 spiro atoms. The molecule has 2 aliphatic carbocycles. The second-order valence-corrected chi connectivity index (χ2v) is 17.4. The first kappa shape index (κ1) is 34.4. The Labute approximate surface area is 359 Å². The molecule has 1 aromatic heterocycles. The van der Waals surface area contributed by atoms with Gasteiger partial charge >= 0.3 is 0 Å². The van der Waals surface area contributed by atoms with Crippen LogP contribution in [0.15, 0.2) is 224 Å². The minimum atomic E-state index is -0.454. The molecule has 61 heavy (non-hydrogen) atoms. The van der Waals surface area contributed by atoms with E-state index >= 15 is 0 Å². The lowest BCUT2D eigenvalue weighted by atomic mass is 9.70. The first-order chi connectivity index (χ1) is 30.3. The topological polar surface area (TPSA) is 3.24 Å². The fraction of sp³-hybridized carbons (Fsp3) is 0.0169. The minimum Gasteiger partial charge on any atom is -0.310 e. The lowest BCUT2D eigenvalue weighted by Crippen LogP contribution is -2.26. The highest BCUT2D eigenvalue weighted by Crippen LogP contribution is 2.63. The number of fused-ring (bicyclic) bond motifs is 14. The molecule has 1 heterocycles. The lowest BCUT2D eigenvalue weighted by Gasteiger charge is -2.33. The van der Waals surface area contributed by atoms with Gasteiger partial charge in [0.2, 0.25) is 0 Å². The molecule has 0 atom stereocenters. The van der Waals surface area contributed by atoms with Crippen LogP contribution in [-0.4, -0.2) is 0 Å². The number of hydrogen-bond donors (Lipinski definition) is 0. The summed E-state index contributed by atoms with van der Waals surface area (Å²) in [6, 6.07) is 83.6. The number of hydrogen-bond acceptors (Lipinski definition) is 2. The third kappa shape index (κ3) is 4.88. The predicted molar refractivity (Wildman–Crippen MR) is 259 cm³/mol. The molecule has 284 valence electrons. The van der Waals surface area contributed by atoms with Crippen LogP contribution in [0.4, 0.5) is 17.1 Å². The Morgan fingerprint density at radius 1 is 0.344 bits per heavy atom. The molecule has 0 saturated heterocycles. The average molecular weight is 792 g/mol. The maximum absolute atomic E-state index is 2.53. The van der Waals surface area contributed by atoms with Crippen molar-refractivity contribution in [3.8, 4) is 44.5 Å². The van der Waals surface area contributed by atoms with Crippen molar-refractivity contribution in [2.75, 3.05) is 4.90 Å². The summed E-state index contributed by atoms with van der Waals surface area (Å²) in [7, 11) is 0. The molecule has 0 radical (unpaired) electrons. The second kappa shape index (κ2) is 13.2. The quantitative estimate of drug-likeness (QED) is 0.168. The minimum absolute atomic E-state index is 0.454. The Kier molecular flexibility index (Phi) is 7.46. The van der Waals surface area contributed by atoms with Gasteiger partial charge in [0.25, 0.3) is 0 Å². The van der Waals surface area contributed by atoms with Crippen LogP contribution in [0.5, 0.6) is 0 Å². The normalized spacial score (nSPS) is 13.0. The van der Waals surface area contributed by atoms with Crippen molar-refractivity contribution in [3.63, 3.8) is 0 Å². The van der Waals surface area contributed by atoms with E-state index in [1.54, 1.807) is 0 Å². The SMILES string of the molecule is c1ccc(-c2ccc(N(c3ccc4c(c3)C3(c5ccccc5-c5ccccc53)c3ccccc3-4)c3ccc4sc5ccccc5c4c3-c3cccc4ccccc34)cc2)cc1. The summed E-state index contributed by atoms with van der Waals surface area (Å²) in [6.45, 7) is 0. The van der Waals surface area contributed by atoms with Crippen molar-refractivity contribution in [2.24, 2.45) is 0 Å². The number of anilines is 3. The molecular weight excluding hydrogens is 755 g/mol. The third-order valence-corrected chi connectivity index (χ3v) is 14.4. The highest BCUT2D eigenvalue weighted by molar-refractivity contribution is 7.26. The van der Waals surface area contributed by atoms with Gasteiger partial charge < -0.3 is 4.90 Å². The zero-order valence-corrected chi connectivity index (χ0v) is 34.0. The van der Waals surface area contributed by atoms with Gasteiger partial charge in [0, 0.05) is 37.1 Å². The summed E-state index contributed by atoms with van der Waals surface area (Å²) in [5, 5.41) is 5.06. The van der Waals surface area contributed by atoms with Crippen molar-refractivity contribution in [2.45, 2.75) is 5.41 Å². The summed E-state index contributed by atoms with van der Waals surface area (Å²) in [4.78, 5) is 2.53. The van der Waals surface area contributed by atoms with Crippen molar-refractivity contribution in [1.82, 2.24) is 0 Å². The van der Waals surface area contributed by atoms with E-state index in [1.165, 1.54) is 97.7 Å². The molecule has 0 fully saturated rings. The predicted octanol–water partition coefficient (Wildman–Crippen LogP) is 16.4. The van der Waals surface area contributed by atoms with Gasteiger partial charge in [-0.05, 0) is 114 Å². The molecule has 0 saturated carbocycles. The van der Waals surface area contributed by atoms with Crippen LogP contribution in [0, 0.1) is 0 Å². The molecular formula is C59H37NS. The Bertz CT molecular complexity index is 3470. The molecule has 0 N–H and O–H groups in total. The molecule has 0 amide bonds. The van der Waals surface area contributed by atoms with Gasteiger partial charge in [-0.2, -0.15) is 0 Å². The van der Waals surface area contributed by atoms with Gasteiger partial charge in [-0.3, -0.25) is 0 Å². The van der Waals surface area contributed by atoms with Crippen LogP contribution in [0.2, 0.25) is 0 Å². The van der Waals surface area contributed by atoms with Crippen molar-refractivity contribution >= 4 is 59.3 Å². The van der Waals surface area contributed by atoms with E-state index in [4.69, 9.17) is 0 Å². The van der Waals surface area contributed by atoms with Crippen LogP contribution in [-0.2, 0) is 5.41 Å². The van der Waals surface area contributed by atoms with Crippen LogP contribution in [0.3, 0.4) is 0 Å². The van der Waals surface area contributed by atoms with Crippen LogP contribution in [0.1, 0.15) is 22.3 Å². The van der Waals surface area contributed by atoms with E-state index in [2.05, 4.69) is 229 Å². The zero-order valence-electron chi connectivity index (χ0n) is 33.2. The van der Waals surface area contributed by atoms with E-state index in [1.807, 2.05) is 11.3 Å². The highest BCUT2D eigenvalue weighted by atomic mass is 32.1. The largest absolute Gasteiger partial charge is 0.310 e. The number of nitrogens with zero attached hydrogens (tertiary/aromatic N) is 1. The lowest BCUT2D eigenvalue weighted by molar-refractivity contribution is 0.793. The van der Waals surface area contributed by atoms with Gasteiger partial charge in [0.1, 0.15) is 0 Å². The van der Waals surface area contributed by atoms with Gasteiger partial charge in [-0.1, -0.05) is 182 Å². The number of benzene rings is 10. The number of thiophene rings is 1. The molecule has 0 aliphatic heterocycles. The van der Waals surface area contributed by atoms with Gasteiger partial charge in [0.15, 0.2) is 0 Å². The fourth-order valence-electron chi connectivity index (χ4n) is 10.8. The first-order valence-corrected chi connectivity index (χ1v) is 21.9. The molecule has 11 aromatic rings. The van der Waals surface area contributed by atoms with Crippen molar-refractivity contribution < 1.29 is 0 Å². The van der Waals surface area contributed by atoms with Crippen LogP contribution >= 0.6 is 11.3 Å². The smallest absolute Gasteiger partial charge is 0.0726 e. The Morgan fingerprint density at radius 3 is 1.61 bits per heavy atom. The highest BCUT2D eigenvalue weighted by Gasteiger charge is 2.51. The summed E-state index contributed by atoms with van der Waals surface area (Å²) in [5.74, 6) is 0. The summed E-state index contributed by atoms with van der Waals surface area (Å²) in [6.07, 6.45) is 0. The molecule has 2 heteroatoms. The monoisotopic (exact) mass is 791 g/mol. The van der Waals surface area contributed by atoms with E-state index < -0.39 is 5.41 Å². The number of rotatable bonds is 5. The molecule has 0 unspecified atom stereocenters. The van der Waals surface area contributed by atoms with Gasteiger partial charge in [0.05, 0.1) is 11.1 Å². The maximum Gasteiger partial charge on any atom is 0.0726 e. The molecule has 10 aromatic carbocycles. The zero-order chi connectivity index (χ0) is 40.1. The van der Waals surface area contributed by atoms with Gasteiger partial charge in [-0.25, -0.2) is 0 Å². The van der Waals surface area contributed by atoms with Crippen LogP contribution in [0.25, 0.3) is 75.5 Å². The molecule has 2 aliphatic rings. The Hall–Kier alpha value is -7.52. The Morgan fingerprint density at radius 2 is 0.885 bits per heavy atom. The molecule has 0 bridgehead atoms. The Balaban J connectivity index is 1.13.